The standard InChI is InChI=1S/C15H25NO3/c1-5-12(6-2)10-16(7-3)11(4)13-8-9-14(19-13)15(17)18/h8-9,11-12H,5-7,10H2,1-4H3,(H,17,18). The molecule has 0 amide bonds. The zero-order valence-electron chi connectivity index (χ0n) is 12.3. The Morgan fingerprint density at radius 1 is 1.32 bits per heavy atom. The average Bonchev–Trinajstić information content (AvgIpc) is 2.89. The number of furan rings is 1. The van der Waals surface area contributed by atoms with Crippen LogP contribution in [0.3, 0.4) is 0 Å². The highest BCUT2D eigenvalue weighted by Gasteiger charge is 2.21. The molecule has 4 heteroatoms. The number of rotatable bonds is 8. The van der Waals surface area contributed by atoms with E-state index in [9.17, 15) is 4.79 Å². The molecule has 1 N–H and O–H groups in total. The van der Waals surface area contributed by atoms with Gasteiger partial charge in [0.15, 0.2) is 0 Å². The van der Waals surface area contributed by atoms with Crippen LogP contribution in [0.5, 0.6) is 0 Å². The molecular weight excluding hydrogens is 242 g/mol. The van der Waals surface area contributed by atoms with Crippen LogP contribution in [0.15, 0.2) is 16.5 Å². The number of hydrogen-bond donors (Lipinski definition) is 1. The molecule has 108 valence electrons. The van der Waals surface area contributed by atoms with Gasteiger partial charge < -0.3 is 9.52 Å². The fourth-order valence-electron chi connectivity index (χ4n) is 2.31. The largest absolute Gasteiger partial charge is 0.475 e. The summed E-state index contributed by atoms with van der Waals surface area (Å²) < 4.78 is 5.40. The smallest absolute Gasteiger partial charge is 0.371 e. The summed E-state index contributed by atoms with van der Waals surface area (Å²) in [7, 11) is 0. The van der Waals surface area contributed by atoms with Crippen molar-refractivity contribution in [2.75, 3.05) is 13.1 Å². The number of aromatic carboxylic acids is 1. The summed E-state index contributed by atoms with van der Waals surface area (Å²) in [5.74, 6) is 0.406. The molecule has 1 aromatic rings. The van der Waals surface area contributed by atoms with Gasteiger partial charge in [0.2, 0.25) is 5.76 Å². The molecule has 0 fully saturated rings. The van der Waals surface area contributed by atoms with E-state index in [0.29, 0.717) is 5.92 Å². The van der Waals surface area contributed by atoms with Crippen LogP contribution in [-0.4, -0.2) is 29.1 Å². The van der Waals surface area contributed by atoms with Gasteiger partial charge in [0.25, 0.3) is 0 Å². The Hall–Kier alpha value is -1.29. The Bertz CT molecular complexity index is 396. The van der Waals surface area contributed by atoms with Crippen molar-refractivity contribution in [2.45, 2.75) is 46.6 Å². The van der Waals surface area contributed by atoms with Gasteiger partial charge in [0.1, 0.15) is 5.76 Å². The van der Waals surface area contributed by atoms with Crippen molar-refractivity contribution in [3.05, 3.63) is 23.7 Å². The molecule has 0 spiro atoms. The second kappa shape index (κ2) is 7.34. The fourth-order valence-corrected chi connectivity index (χ4v) is 2.31. The molecule has 1 aromatic heterocycles. The third-order valence-corrected chi connectivity index (χ3v) is 3.85. The second-order valence-corrected chi connectivity index (χ2v) is 4.95. The number of nitrogens with zero attached hydrogens (tertiary/aromatic N) is 1. The van der Waals surface area contributed by atoms with Crippen LogP contribution in [0.1, 0.15) is 62.9 Å². The molecule has 0 bridgehead atoms. The first-order valence-electron chi connectivity index (χ1n) is 7.10. The summed E-state index contributed by atoms with van der Waals surface area (Å²) in [5, 5.41) is 8.89. The lowest BCUT2D eigenvalue weighted by Gasteiger charge is -2.29. The lowest BCUT2D eigenvalue weighted by Crippen LogP contribution is -2.31. The molecule has 1 rings (SSSR count). The van der Waals surface area contributed by atoms with Crippen LogP contribution >= 0.6 is 0 Å². The molecule has 0 radical (unpaired) electrons. The van der Waals surface area contributed by atoms with Crippen LogP contribution < -0.4 is 0 Å². The van der Waals surface area contributed by atoms with Gasteiger partial charge in [-0.1, -0.05) is 33.6 Å². The number of carboxylic acids is 1. The molecule has 1 atom stereocenters. The monoisotopic (exact) mass is 267 g/mol. The molecule has 0 aliphatic rings. The summed E-state index contributed by atoms with van der Waals surface area (Å²) in [6.45, 7) is 10.6. The minimum Gasteiger partial charge on any atom is -0.475 e. The van der Waals surface area contributed by atoms with Gasteiger partial charge in [-0.15, -0.1) is 0 Å². The van der Waals surface area contributed by atoms with Crippen LogP contribution in [0, 0.1) is 5.92 Å². The number of carbonyl (C=O) groups is 1. The van der Waals surface area contributed by atoms with Crippen molar-refractivity contribution in [3.8, 4) is 0 Å². The van der Waals surface area contributed by atoms with Crippen molar-refractivity contribution in [1.29, 1.82) is 0 Å². The summed E-state index contributed by atoms with van der Waals surface area (Å²) in [4.78, 5) is 13.2. The predicted molar refractivity (Wildman–Crippen MR) is 75.4 cm³/mol. The lowest BCUT2D eigenvalue weighted by atomic mass is 10.0. The van der Waals surface area contributed by atoms with Gasteiger partial charge in [0.05, 0.1) is 6.04 Å². The van der Waals surface area contributed by atoms with Gasteiger partial charge in [-0.25, -0.2) is 4.79 Å². The van der Waals surface area contributed by atoms with Gasteiger partial charge in [-0.2, -0.15) is 0 Å². The first-order chi connectivity index (χ1) is 9.03. The highest BCUT2D eigenvalue weighted by atomic mass is 16.4. The van der Waals surface area contributed by atoms with Crippen LogP contribution in [-0.2, 0) is 0 Å². The maximum Gasteiger partial charge on any atom is 0.371 e. The molecule has 0 aliphatic carbocycles. The van der Waals surface area contributed by atoms with Gasteiger partial charge in [-0.3, -0.25) is 4.90 Å². The zero-order valence-corrected chi connectivity index (χ0v) is 12.3. The van der Waals surface area contributed by atoms with E-state index >= 15 is 0 Å². The summed E-state index contributed by atoms with van der Waals surface area (Å²) in [5.41, 5.74) is 0. The maximum absolute atomic E-state index is 10.8. The van der Waals surface area contributed by atoms with E-state index in [1.165, 1.54) is 6.07 Å². The Labute approximate surface area is 115 Å². The molecule has 0 saturated carbocycles. The Morgan fingerprint density at radius 3 is 2.37 bits per heavy atom. The van der Waals surface area contributed by atoms with E-state index < -0.39 is 5.97 Å². The Kier molecular flexibility index (Phi) is 6.09. The SMILES string of the molecule is CCC(CC)CN(CC)C(C)c1ccc(C(=O)O)o1. The van der Waals surface area contributed by atoms with E-state index in [0.717, 1.165) is 31.7 Å². The zero-order chi connectivity index (χ0) is 14.4. The van der Waals surface area contributed by atoms with Crippen molar-refractivity contribution >= 4 is 5.97 Å². The molecule has 0 saturated heterocycles. The minimum absolute atomic E-state index is 0.0143. The quantitative estimate of drug-likeness (QED) is 0.778. The van der Waals surface area contributed by atoms with Crippen LogP contribution in [0.4, 0.5) is 0 Å². The first-order valence-corrected chi connectivity index (χ1v) is 7.10. The maximum atomic E-state index is 10.8. The van der Waals surface area contributed by atoms with Crippen molar-refractivity contribution in [2.24, 2.45) is 5.92 Å². The highest BCUT2D eigenvalue weighted by Crippen LogP contribution is 2.24. The molecule has 1 heterocycles. The summed E-state index contributed by atoms with van der Waals surface area (Å²) >= 11 is 0. The average molecular weight is 267 g/mol. The third kappa shape index (κ3) is 4.10. The second-order valence-electron chi connectivity index (χ2n) is 4.95. The van der Waals surface area contributed by atoms with Gasteiger partial charge in [-0.05, 0) is 31.5 Å². The molecular formula is C15H25NO3. The van der Waals surface area contributed by atoms with E-state index in [1.807, 2.05) is 0 Å². The van der Waals surface area contributed by atoms with E-state index in [1.54, 1.807) is 6.07 Å². The summed E-state index contributed by atoms with van der Waals surface area (Å²) in [6, 6.07) is 3.40. The van der Waals surface area contributed by atoms with Gasteiger partial charge >= 0.3 is 5.97 Å². The van der Waals surface area contributed by atoms with Crippen LogP contribution in [0.2, 0.25) is 0 Å². The minimum atomic E-state index is -1.01. The molecule has 0 aromatic carbocycles. The predicted octanol–water partition coefficient (Wildman–Crippen LogP) is 3.80. The van der Waals surface area contributed by atoms with E-state index in [4.69, 9.17) is 9.52 Å². The van der Waals surface area contributed by atoms with Crippen molar-refractivity contribution < 1.29 is 14.3 Å². The summed E-state index contributed by atoms with van der Waals surface area (Å²) in [6.07, 6.45) is 2.33. The fraction of sp³-hybridized carbons (Fsp3) is 0.667. The lowest BCUT2D eigenvalue weighted by molar-refractivity contribution is 0.0655. The molecule has 19 heavy (non-hydrogen) atoms. The first kappa shape index (κ1) is 15.8. The van der Waals surface area contributed by atoms with Crippen molar-refractivity contribution in [3.63, 3.8) is 0 Å². The molecule has 4 nitrogen and oxygen atoms in total. The Balaban J connectivity index is 2.76. The van der Waals surface area contributed by atoms with E-state index in [-0.39, 0.29) is 11.8 Å². The number of carboxylic acid groups (broad SMARTS) is 1. The third-order valence-electron chi connectivity index (χ3n) is 3.85. The molecule has 1 unspecified atom stereocenters. The van der Waals surface area contributed by atoms with Gasteiger partial charge in [0, 0.05) is 6.54 Å². The topological polar surface area (TPSA) is 53.7 Å². The van der Waals surface area contributed by atoms with Crippen LogP contribution in [0.25, 0.3) is 0 Å². The number of hydrogen-bond acceptors (Lipinski definition) is 3. The highest BCUT2D eigenvalue weighted by molar-refractivity contribution is 5.84. The van der Waals surface area contributed by atoms with E-state index in [2.05, 4.69) is 32.6 Å². The molecule has 0 aliphatic heterocycles. The normalized spacial score (nSPS) is 13.2. The Morgan fingerprint density at radius 2 is 1.95 bits per heavy atom. The van der Waals surface area contributed by atoms with Crippen molar-refractivity contribution in [1.82, 2.24) is 4.90 Å².